The number of hydrogen-bond acceptors (Lipinski definition) is 4. The van der Waals surface area contributed by atoms with Gasteiger partial charge >= 0.3 is 5.97 Å². The number of esters is 1. The van der Waals surface area contributed by atoms with E-state index in [9.17, 15) is 9.59 Å². The van der Waals surface area contributed by atoms with Crippen LogP contribution in [0.3, 0.4) is 0 Å². The number of hydrogen-bond donors (Lipinski definition) is 0. The van der Waals surface area contributed by atoms with Crippen molar-refractivity contribution in [3.05, 3.63) is 76.5 Å². The average molecular weight is 359 g/mol. The molecule has 1 aromatic heterocycles. The summed E-state index contributed by atoms with van der Waals surface area (Å²) in [4.78, 5) is 29.8. The van der Waals surface area contributed by atoms with E-state index in [-0.39, 0.29) is 12.4 Å². The lowest BCUT2D eigenvalue weighted by Crippen LogP contribution is -2.15. The summed E-state index contributed by atoms with van der Waals surface area (Å²) in [7, 11) is 0. The fraction of sp³-hybridized carbons (Fsp3) is 0.261. The van der Waals surface area contributed by atoms with Crippen LogP contribution in [-0.4, -0.2) is 23.3 Å². The zero-order valence-corrected chi connectivity index (χ0v) is 15.5. The van der Waals surface area contributed by atoms with Gasteiger partial charge in [0.2, 0.25) is 0 Å². The van der Waals surface area contributed by atoms with E-state index in [1.807, 2.05) is 56.3 Å². The van der Waals surface area contributed by atoms with Crippen LogP contribution in [0.15, 0.2) is 48.5 Å². The van der Waals surface area contributed by atoms with Gasteiger partial charge in [0, 0.05) is 22.6 Å². The van der Waals surface area contributed by atoms with Crippen molar-refractivity contribution in [3.63, 3.8) is 0 Å². The molecule has 4 rings (SSSR count). The molecule has 4 heteroatoms. The highest BCUT2D eigenvalue weighted by Crippen LogP contribution is 2.40. The van der Waals surface area contributed by atoms with E-state index in [1.165, 1.54) is 0 Å². The zero-order valence-electron chi connectivity index (χ0n) is 15.5. The van der Waals surface area contributed by atoms with E-state index in [2.05, 4.69) is 4.98 Å². The Balaban J connectivity index is 1.56. The number of ketones is 1. The van der Waals surface area contributed by atoms with Gasteiger partial charge in [-0.15, -0.1) is 0 Å². The Labute approximate surface area is 158 Å². The Morgan fingerprint density at radius 1 is 1.04 bits per heavy atom. The smallest absolute Gasteiger partial charge is 0.339 e. The Hall–Kier alpha value is -3.01. The lowest BCUT2D eigenvalue weighted by molar-refractivity contribution is 0.0476. The number of ether oxygens (including phenoxy) is 1. The van der Waals surface area contributed by atoms with Gasteiger partial charge in [0.05, 0.1) is 11.1 Å². The van der Waals surface area contributed by atoms with Gasteiger partial charge < -0.3 is 4.74 Å². The fourth-order valence-electron chi connectivity index (χ4n) is 3.16. The largest absolute Gasteiger partial charge is 0.454 e. The molecule has 1 saturated carbocycles. The van der Waals surface area contributed by atoms with Crippen LogP contribution in [0.4, 0.5) is 0 Å². The van der Waals surface area contributed by atoms with Gasteiger partial charge in [-0.1, -0.05) is 30.3 Å². The Morgan fingerprint density at radius 3 is 2.56 bits per heavy atom. The molecule has 1 aliphatic rings. The molecule has 0 N–H and O–H groups in total. The molecule has 0 spiro atoms. The number of pyridine rings is 1. The number of aryl methyl sites for hydroxylation is 2. The Morgan fingerprint density at radius 2 is 1.81 bits per heavy atom. The molecule has 0 unspecified atom stereocenters. The maximum absolute atomic E-state index is 12.7. The van der Waals surface area contributed by atoms with Crippen LogP contribution >= 0.6 is 0 Å². The molecule has 1 aliphatic carbocycles. The van der Waals surface area contributed by atoms with Gasteiger partial charge in [0.1, 0.15) is 0 Å². The number of benzene rings is 2. The van der Waals surface area contributed by atoms with Crippen molar-refractivity contribution in [1.29, 1.82) is 0 Å². The third-order valence-electron chi connectivity index (χ3n) is 5.11. The number of Topliss-reactive ketones (excluding diaryl/α,β-unsaturated/α-hetero) is 1. The van der Waals surface area contributed by atoms with Crippen LogP contribution in [-0.2, 0) is 4.74 Å². The van der Waals surface area contributed by atoms with Crippen molar-refractivity contribution in [1.82, 2.24) is 4.98 Å². The van der Waals surface area contributed by atoms with E-state index in [1.54, 1.807) is 6.07 Å². The minimum atomic E-state index is -0.479. The van der Waals surface area contributed by atoms with E-state index >= 15 is 0 Å². The summed E-state index contributed by atoms with van der Waals surface area (Å²) < 4.78 is 5.36. The molecule has 1 heterocycles. The summed E-state index contributed by atoms with van der Waals surface area (Å²) in [5, 5.41) is 0.755. The highest BCUT2D eigenvalue weighted by atomic mass is 16.5. The van der Waals surface area contributed by atoms with E-state index in [4.69, 9.17) is 4.74 Å². The van der Waals surface area contributed by atoms with Crippen molar-refractivity contribution in [2.45, 2.75) is 32.6 Å². The molecule has 3 aromatic rings. The SMILES string of the molecule is Cc1ccc(C(=O)COC(=O)c2cc(C3CC3)nc3ccccc23)cc1C. The first kappa shape index (κ1) is 17.4. The second-order valence-electron chi connectivity index (χ2n) is 7.18. The molecule has 0 atom stereocenters. The topological polar surface area (TPSA) is 56.3 Å². The first-order valence-electron chi connectivity index (χ1n) is 9.20. The van der Waals surface area contributed by atoms with Gasteiger partial charge in [-0.25, -0.2) is 4.79 Å². The molecule has 4 nitrogen and oxygen atoms in total. The molecule has 1 fully saturated rings. The van der Waals surface area contributed by atoms with Crippen molar-refractivity contribution >= 4 is 22.7 Å². The minimum absolute atomic E-state index is 0.202. The third kappa shape index (κ3) is 3.61. The second kappa shape index (κ2) is 6.95. The summed E-state index contributed by atoms with van der Waals surface area (Å²) in [6, 6.07) is 14.9. The van der Waals surface area contributed by atoms with Crippen molar-refractivity contribution < 1.29 is 14.3 Å². The summed E-state index contributed by atoms with van der Waals surface area (Å²) in [5.41, 5.74) is 4.93. The maximum atomic E-state index is 12.7. The standard InChI is InChI=1S/C23H21NO3/c1-14-7-8-17(11-15(14)2)22(25)13-27-23(26)19-12-21(16-9-10-16)24-20-6-4-3-5-18(19)20/h3-8,11-12,16H,9-10,13H2,1-2H3. The quantitative estimate of drug-likeness (QED) is 0.486. The summed E-state index contributed by atoms with van der Waals surface area (Å²) in [6.45, 7) is 3.69. The van der Waals surface area contributed by atoms with Crippen molar-refractivity contribution in [2.75, 3.05) is 6.61 Å². The third-order valence-corrected chi connectivity index (χ3v) is 5.11. The monoisotopic (exact) mass is 359 g/mol. The van der Waals surface area contributed by atoms with Crippen molar-refractivity contribution in [3.8, 4) is 0 Å². The van der Waals surface area contributed by atoms with E-state index in [0.29, 0.717) is 17.0 Å². The lowest BCUT2D eigenvalue weighted by atomic mass is 10.0. The van der Waals surface area contributed by atoms with Crippen LogP contribution in [0.2, 0.25) is 0 Å². The van der Waals surface area contributed by atoms with Crippen LogP contribution in [0.1, 0.15) is 56.3 Å². The van der Waals surface area contributed by atoms with Crippen LogP contribution in [0.5, 0.6) is 0 Å². The number of nitrogens with zero attached hydrogens (tertiary/aromatic N) is 1. The zero-order chi connectivity index (χ0) is 19.0. The highest BCUT2D eigenvalue weighted by Gasteiger charge is 2.27. The average Bonchev–Trinajstić information content (AvgIpc) is 3.52. The summed E-state index contributed by atoms with van der Waals surface area (Å²) >= 11 is 0. The van der Waals surface area contributed by atoms with Crippen LogP contribution in [0.25, 0.3) is 10.9 Å². The second-order valence-corrected chi connectivity index (χ2v) is 7.18. The normalized spacial score (nSPS) is 13.6. The molecule has 0 bridgehead atoms. The molecule has 0 aliphatic heterocycles. The molecular weight excluding hydrogens is 338 g/mol. The molecule has 0 saturated heterocycles. The maximum Gasteiger partial charge on any atom is 0.339 e. The number of aromatic nitrogens is 1. The minimum Gasteiger partial charge on any atom is -0.454 e. The molecule has 0 radical (unpaired) electrons. The molecule has 27 heavy (non-hydrogen) atoms. The number of carbonyl (C=O) groups excluding carboxylic acids is 2. The Bertz CT molecular complexity index is 1050. The van der Waals surface area contributed by atoms with E-state index in [0.717, 1.165) is 40.6 Å². The molecule has 2 aromatic carbocycles. The molecule has 0 amide bonds. The predicted octanol–water partition coefficient (Wildman–Crippen LogP) is 4.77. The molecular formula is C23H21NO3. The predicted molar refractivity (Wildman–Crippen MR) is 104 cm³/mol. The van der Waals surface area contributed by atoms with E-state index < -0.39 is 5.97 Å². The van der Waals surface area contributed by atoms with Crippen molar-refractivity contribution in [2.24, 2.45) is 0 Å². The number of fused-ring (bicyclic) bond motifs is 1. The highest BCUT2D eigenvalue weighted by molar-refractivity contribution is 6.05. The first-order valence-corrected chi connectivity index (χ1v) is 9.20. The number of carbonyl (C=O) groups is 2. The van der Waals surface area contributed by atoms with Crippen LogP contribution in [0, 0.1) is 13.8 Å². The van der Waals surface area contributed by atoms with Gasteiger partial charge in [-0.2, -0.15) is 0 Å². The van der Waals surface area contributed by atoms with Gasteiger partial charge in [0.25, 0.3) is 0 Å². The Kier molecular flexibility index (Phi) is 4.48. The van der Waals surface area contributed by atoms with Gasteiger partial charge in [0.15, 0.2) is 12.4 Å². The molecule has 136 valence electrons. The first-order chi connectivity index (χ1) is 13.0. The number of para-hydroxylation sites is 1. The number of rotatable bonds is 5. The summed E-state index contributed by atoms with van der Waals surface area (Å²) in [6.07, 6.45) is 2.20. The summed E-state index contributed by atoms with van der Waals surface area (Å²) in [5.74, 6) is -0.252. The van der Waals surface area contributed by atoms with Gasteiger partial charge in [-0.05, 0) is 56.0 Å². The fourth-order valence-corrected chi connectivity index (χ4v) is 3.16. The lowest BCUT2D eigenvalue weighted by Gasteiger charge is -2.10. The van der Waals surface area contributed by atoms with Crippen LogP contribution < -0.4 is 0 Å². The van der Waals surface area contributed by atoms with Gasteiger partial charge in [-0.3, -0.25) is 9.78 Å².